The average molecular weight is 623 g/mol. The van der Waals surface area contributed by atoms with Gasteiger partial charge < -0.3 is 5.11 Å². The molecule has 1 N–H and O–H groups in total. The van der Waals surface area contributed by atoms with Gasteiger partial charge in [-0.2, -0.15) is 0 Å². The summed E-state index contributed by atoms with van der Waals surface area (Å²) in [5.74, 6) is 0.985. The molecule has 0 radical (unpaired) electrons. The first-order valence-electron chi connectivity index (χ1n) is 16.2. The summed E-state index contributed by atoms with van der Waals surface area (Å²) in [7, 11) is 0. The lowest BCUT2D eigenvalue weighted by molar-refractivity contribution is 0.477. The first kappa shape index (κ1) is 29.3. The summed E-state index contributed by atoms with van der Waals surface area (Å²) in [6.07, 6.45) is 5.62. The number of hydrogen-bond acceptors (Lipinski definition) is 4. The topological polar surface area (TPSA) is 63.8 Å². The quantitative estimate of drug-likeness (QED) is 0.207. The van der Waals surface area contributed by atoms with Gasteiger partial charge in [-0.25, -0.2) is 4.98 Å². The third kappa shape index (κ3) is 5.19. The number of fused-ring (bicyclic) bond motifs is 2. The van der Waals surface area contributed by atoms with Crippen LogP contribution in [0.15, 0.2) is 146 Å². The van der Waals surface area contributed by atoms with E-state index in [-0.39, 0.29) is 11.2 Å². The van der Waals surface area contributed by atoms with Crippen molar-refractivity contribution in [3.8, 4) is 56.2 Å². The van der Waals surface area contributed by atoms with E-state index in [9.17, 15) is 5.11 Å². The van der Waals surface area contributed by atoms with Crippen LogP contribution in [0.2, 0.25) is 0 Å². The van der Waals surface area contributed by atoms with Crippen molar-refractivity contribution in [2.45, 2.75) is 26.2 Å². The molecule has 0 aliphatic rings. The number of nitrogens with zero attached hydrogens (tertiary/aromatic N) is 4. The van der Waals surface area contributed by atoms with E-state index in [1.165, 1.54) is 5.56 Å². The lowest BCUT2D eigenvalue weighted by atomic mass is 9.87. The van der Waals surface area contributed by atoms with Crippen LogP contribution in [0.25, 0.3) is 72.4 Å². The normalized spacial score (nSPS) is 11.7. The first-order valence-corrected chi connectivity index (χ1v) is 16.2. The van der Waals surface area contributed by atoms with E-state index in [2.05, 4.69) is 104 Å². The lowest BCUT2D eigenvalue weighted by Gasteiger charge is -2.19. The summed E-state index contributed by atoms with van der Waals surface area (Å²) in [5.41, 5.74) is 11.7. The summed E-state index contributed by atoms with van der Waals surface area (Å²) in [4.78, 5) is 14.9. The Labute approximate surface area is 279 Å². The van der Waals surface area contributed by atoms with Gasteiger partial charge in [0.25, 0.3) is 0 Å². The number of phenolic OH excluding ortho intramolecular Hbond substituents is 1. The second-order valence-corrected chi connectivity index (χ2v) is 13.2. The first-order chi connectivity index (χ1) is 23.3. The van der Waals surface area contributed by atoms with Crippen molar-refractivity contribution >= 4 is 21.9 Å². The number of aromatic nitrogens is 4. The summed E-state index contributed by atoms with van der Waals surface area (Å²) < 4.78 is 2.20. The zero-order valence-corrected chi connectivity index (χ0v) is 27.1. The number of hydrogen-bond donors (Lipinski definition) is 1. The molecule has 0 unspecified atom stereocenters. The third-order valence-corrected chi connectivity index (χ3v) is 8.99. The fraction of sp³-hybridized carbons (Fsp3) is 0.0930. The van der Waals surface area contributed by atoms with E-state index in [4.69, 9.17) is 15.0 Å². The smallest absolute Gasteiger partial charge is 0.147 e. The molecular weight excluding hydrogens is 589 g/mol. The molecule has 0 saturated carbocycles. The van der Waals surface area contributed by atoms with E-state index in [0.717, 1.165) is 72.4 Å². The van der Waals surface area contributed by atoms with E-state index >= 15 is 0 Å². The van der Waals surface area contributed by atoms with Gasteiger partial charge >= 0.3 is 0 Å². The molecule has 5 aromatic carbocycles. The summed E-state index contributed by atoms with van der Waals surface area (Å²) >= 11 is 0. The van der Waals surface area contributed by atoms with Crippen molar-refractivity contribution in [1.29, 1.82) is 0 Å². The van der Waals surface area contributed by atoms with Gasteiger partial charge in [-0.05, 0) is 70.6 Å². The summed E-state index contributed by atoms with van der Waals surface area (Å²) in [5, 5.41) is 11.9. The molecule has 0 atom stereocenters. The molecule has 8 aromatic rings. The van der Waals surface area contributed by atoms with Crippen molar-refractivity contribution in [3.63, 3.8) is 0 Å². The van der Waals surface area contributed by atoms with Crippen LogP contribution in [0.3, 0.4) is 0 Å². The molecule has 0 amide bonds. The van der Waals surface area contributed by atoms with Crippen LogP contribution in [-0.4, -0.2) is 24.6 Å². The molecule has 0 aliphatic heterocycles. The molecule has 0 fully saturated rings. The Morgan fingerprint density at radius 1 is 0.583 bits per heavy atom. The minimum absolute atomic E-state index is 0.0275. The van der Waals surface area contributed by atoms with Gasteiger partial charge in [0.1, 0.15) is 11.6 Å². The molecule has 5 heteroatoms. The molecule has 3 aromatic heterocycles. The van der Waals surface area contributed by atoms with Crippen LogP contribution >= 0.6 is 0 Å². The lowest BCUT2D eigenvalue weighted by Crippen LogP contribution is -2.11. The molecule has 0 saturated heterocycles. The molecule has 5 nitrogen and oxygen atoms in total. The largest absolute Gasteiger partial charge is 0.507 e. The van der Waals surface area contributed by atoms with Crippen molar-refractivity contribution in [1.82, 2.24) is 19.5 Å². The van der Waals surface area contributed by atoms with E-state index in [1.807, 2.05) is 61.1 Å². The summed E-state index contributed by atoms with van der Waals surface area (Å²) in [6, 6.07) is 43.3. The second-order valence-electron chi connectivity index (χ2n) is 13.2. The number of phenols is 1. The third-order valence-electron chi connectivity index (χ3n) is 8.99. The molecule has 0 aliphatic carbocycles. The Kier molecular flexibility index (Phi) is 7.10. The van der Waals surface area contributed by atoms with Gasteiger partial charge in [0.05, 0.1) is 16.6 Å². The SMILES string of the molecule is CC(C)(C)c1ccc(-n2c(-c3cncc(-c4cc(-c5ccccc5)cc5cccnc45)c3)nc3c(-c4ccccc4O)cccc32)cc1. The fourth-order valence-electron chi connectivity index (χ4n) is 6.50. The number of rotatable bonds is 5. The Morgan fingerprint density at radius 3 is 2.12 bits per heavy atom. The monoisotopic (exact) mass is 622 g/mol. The second kappa shape index (κ2) is 11.6. The highest BCUT2D eigenvalue weighted by molar-refractivity contribution is 5.99. The number of imidazole rings is 1. The van der Waals surface area contributed by atoms with Crippen LogP contribution in [0.1, 0.15) is 26.3 Å². The van der Waals surface area contributed by atoms with Crippen molar-refractivity contribution < 1.29 is 5.11 Å². The Morgan fingerprint density at radius 2 is 1.33 bits per heavy atom. The highest BCUT2D eigenvalue weighted by Crippen LogP contribution is 2.39. The van der Waals surface area contributed by atoms with Gasteiger partial charge in [-0.3, -0.25) is 14.5 Å². The average Bonchev–Trinajstić information content (AvgIpc) is 3.52. The van der Waals surface area contributed by atoms with Gasteiger partial charge in [0, 0.05) is 57.5 Å². The molecule has 232 valence electrons. The van der Waals surface area contributed by atoms with Gasteiger partial charge in [0.2, 0.25) is 0 Å². The van der Waals surface area contributed by atoms with Crippen LogP contribution in [0.4, 0.5) is 0 Å². The Balaban J connectivity index is 1.36. The predicted octanol–water partition coefficient (Wildman–Crippen LogP) is 10.6. The van der Waals surface area contributed by atoms with E-state index < -0.39 is 0 Å². The van der Waals surface area contributed by atoms with Gasteiger partial charge in [0.15, 0.2) is 0 Å². The Bertz CT molecular complexity index is 2440. The van der Waals surface area contributed by atoms with Gasteiger partial charge in [-0.1, -0.05) is 99.6 Å². The summed E-state index contributed by atoms with van der Waals surface area (Å²) in [6.45, 7) is 6.67. The number of benzene rings is 5. The maximum Gasteiger partial charge on any atom is 0.147 e. The highest BCUT2D eigenvalue weighted by Gasteiger charge is 2.21. The van der Waals surface area contributed by atoms with E-state index in [0.29, 0.717) is 0 Å². The molecule has 8 rings (SSSR count). The van der Waals surface area contributed by atoms with Crippen LogP contribution < -0.4 is 0 Å². The van der Waals surface area contributed by atoms with Crippen LogP contribution in [0.5, 0.6) is 5.75 Å². The van der Waals surface area contributed by atoms with Crippen molar-refractivity contribution in [3.05, 3.63) is 152 Å². The standard InChI is InChI=1S/C43H34N4O/c1-43(2,3)33-18-20-34(21-19-33)47-38-16-9-15-36(35-14-7-8-17-39(35)48)41(38)46-42(47)32-24-31(26-44-27-32)37-25-30(28-11-5-4-6-12-28)23-29-13-10-22-45-40(29)37/h4-27,48H,1-3H3. The van der Waals surface area contributed by atoms with Crippen LogP contribution in [-0.2, 0) is 5.41 Å². The maximum atomic E-state index is 10.8. The number of aromatic hydroxyl groups is 1. The van der Waals surface area contributed by atoms with E-state index in [1.54, 1.807) is 6.07 Å². The minimum Gasteiger partial charge on any atom is -0.507 e. The highest BCUT2D eigenvalue weighted by atomic mass is 16.3. The minimum atomic E-state index is 0.0275. The van der Waals surface area contributed by atoms with Crippen LogP contribution in [0, 0.1) is 0 Å². The molecule has 3 heterocycles. The predicted molar refractivity (Wildman–Crippen MR) is 196 cm³/mol. The number of pyridine rings is 2. The Hall–Kier alpha value is -6.07. The van der Waals surface area contributed by atoms with Gasteiger partial charge in [-0.15, -0.1) is 0 Å². The zero-order chi connectivity index (χ0) is 32.8. The number of para-hydroxylation sites is 2. The molecule has 0 spiro atoms. The van der Waals surface area contributed by atoms with Crippen molar-refractivity contribution in [2.75, 3.05) is 0 Å². The molecule has 48 heavy (non-hydrogen) atoms. The maximum absolute atomic E-state index is 10.8. The fourth-order valence-corrected chi connectivity index (χ4v) is 6.50. The molecular formula is C43H34N4O. The van der Waals surface area contributed by atoms with Crippen molar-refractivity contribution in [2.24, 2.45) is 0 Å². The zero-order valence-electron chi connectivity index (χ0n) is 27.1. The molecule has 0 bridgehead atoms.